The van der Waals surface area contributed by atoms with Crippen LogP contribution in [0.5, 0.6) is 0 Å². The molecule has 0 unspecified atom stereocenters. The molecule has 0 aliphatic rings. The van der Waals surface area contributed by atoms with Gasteiger partial charge in [-0.15, -0.1) is 0 Å². The van der Waals surface area contributed by atoms with Crippen LogP contribution in [0.4, 0.5) is 5.69 Å². The molecule has 0 saturated carbocycles. The molecule has 4 nitrogen and oxygen atoms in total. The van der Waals surface area contributed by atoms with Gasteiger partial charge in [0, 0.05) is 32.2 Å². The third-order valence-electron chi connectivity index (χ3n) is 1.34. The first-order valence-electron chi connectivity index (χ1n) is 4.10. The van der Waals surface area contributed by atoms with Crippen molar-refractivity contribution in [3.8, 4) is 0 Å². The molecule has 14 heavy (non-hydrogen) atoms. The summed E-state index contributed by atoms with van der Waals surface area (Å²) in [6.45, 7) is 0. The molecule has 0 aliphatic heterocycles. The van der Waals surface area contributed by atoms with E-state index in [4.69, 9.17) is 12.2 Å². The van der Waals surface area contributed by atoms with Crippen LogP contribution in [0, 0.1) is 0 Å². The highest BCUT2D eigenvalue weighted by molar-refractivity contribution is 7.80. The first kappa shape index (κ1) is 10.6. The van der Waals surface area contributed by atoms with E-state index < -0.39 is 0 Å². The molecule has 0 amide bonds. The number of rotatable bonds is 2. The third-order valence-corrected chi connectivity index (χ3v) is 1.54. The first-order valence-corrected chi connectivity index (χ1v) is 4.51. The van der Waals surface area contributed by atoms with Crippen LogP contribution in [-0.2, 0) is 0 Å². The van der Waals surface area contributed by atoms with Gasteiger partial charge in [-0.1, -0.05) is 0 Å². The number of thiocarbonyl (C=S) groups is 1. The number of pyridine rings is 1. The molecule has 1 heterocycles. The van der Waals surface area contributed by atoms with Gasteiger partial charge in [-0.25, -0.2) is 4.99 Å². The van der Waals surface area contributed by atoms with Gasteiger partial charge in [-0.05, 0) is 24.4 Å². The maximum atomic E-state index is 5.00. The molecule has 0 bridgehead atoms. The minimum atomic E-state index is 0.435. The van der Waals surface area contributed by atoms with Gasteiger partial charge < -0.3 is 10.2 Å². The Hall–Kier alpha value is -1.49. The van der Waals surface area contributed by atoms with Crippen molar-refractivity contribution < 1.29 is 0 Å². The lowest BCUT2D eigenvalue weighted by atomic mass is 10.4. The molecular weight excluding hydrogens is 196 g/mol. The Balaban J connectivity index is 2.50. The molecule has 74 valence electrons. The van der Waals surface area contributed by atoms with Crippen LogP contribution in [0.25, 0.3) is 0 Å². The summed E-state index contributed by atoms with van der Waals surface area (Å²) in [4.78, 5) is 9.74. The lowest BCUT2D eigenvalue weighted by Crippen LogP contribution is -2.12. The number of hydrogen-bond donors (Lipinski definition) is 1. The quantitative estimate of drug-likeness (QED) is 0.453. The highest BCUT2D eigenvalue weighted by Crippen LogP contribution is 2.03. The van der Waals surface area contributed by atoms with Crippen LogP contribution >= 0.6 is 12.2 Å². The number of aromatic nitrogens is 1. The molecule has 0 atom stereocenters. The van der Waals surface area contributed by atoms with E-state index in [0.717, 1.165) is 5.69 Å². The standard InChI is InChI=1S/C9H12N4S/c1-13(2)7-11-9(14)12-8-3-5-10-6-4-8/h3-7H,1-2H3,(H,10,12,14)/b11-7+. The number of anilines is 1. The van der Waals surface area contributed by atoms with E-state index in [1.54, 1.807) is 18.7 Å². The molecule has 5 heteroatoms. The Kier molecular flexibility index (Phi) is 4.00. The van der Waals surface area contributed by atoms with Crippen molar-refractivity contribution in [1.29, 1.82) is 0 Å². The topological polar surface area (TPSA) is 40.5 Å². The van der Waals surface area contributed by atoms with E-state index in [-0.39, 0.29) is 0 Å². The Morgan fingerprint density at radius 3 is 2.71 bits per heavy atom. The van der Waals surface area contributed by atoms with Crippen molar-refractivity contribution in [2.24, 2.45) is 4.99 Å². The van der Waals surface area contributed by atoms with Crippen LogP contribution in [0.15, 0.2) is 29.5 Å². The van der Waals surface area contributed by atoms with Crippen LogP contribution in [0.3, 0.4) is 0 Å². The largest absolute Gasteiger partial charge is 0.369 e. The van der Waals surface area contributed by atoms with E-state index in [0.29, 0.717) is 5.11 Å². The molecule has 0 saturated heterocycles. The molecule has 1 rings (SSSR count). The number of nitrogens with zero attached hydrogens (tertiary/aromatic N) is 3. The van der Waals surface area contributed by atoms with E-state index >= 15 is 0 Å². The van der Waals surface area contributed by atoms with E-state index in [2.05, 4.69) is 15.3 Å². The summed E-state index contributed by atoms with van der Waals surface area (Å²) >= 11 is 5.00. The average molecular weight is 208 g/mol. The summed E-state index contributed by atoms with van der Waals surface area (Å²) in [5.41, 5.74) is 0.890. The molecule has 0 aromatic carbocycles. The predicted molar refractivity (Wildman–Crippen MR) is 62.6 cm³/mol. The minimum absolute atomic E-state index is 0.435. The Labute approximate surface area is 88.7 Å². The number of hydrogen-bond acceptors (Lipinski definition) is 2. The summed E-state index contributed by atoms with van der Waals surface area (Å²) in [6.07, 6.45) is 5.04. The summed E-state index contributed by atoms with van der Waals surface area (Å²) in [6, 6.07) is 3.66. The Morgan fingerprint density at radius 1 is 1.50 bits per heavy atom. The maximum Gasteiger partial charge on any atom is 0.198 e. The minimum Gasteiger partial charge on any atom is -0.369 e. The highest BCUT2D eigenvalue weighted by Gasteiger charge is 1.92. The molecular formula is C9H12N4S. The van der Waals surface area contributed by atoms with Gasteiger partial charge in [0.15, 0.2) is 5.11 Å². The molecule has 0 spiro atoms. The van der Waals surface area contributed by atoms with Gasteiger partial charge in [0.05, 0.1) is 6.34 Å². The fourth-order valence-corrected chi connectivity index (χ4v) is 0.924. The molecule has 1 aromatic rings. The molecule has 0 fully saturated rings. The molecule has 0 aliphatic carbocycles. The highest BCUT2D eigenvalue weighted by atomic mass is 32.1. The zero-order chi connectivity index (χ0) is 10.4. The van der Waals surface area contributed by atoms with E-state index in [1.807, 2.05) is 31.1 Å². The summed E-state index contributed by atoms with van der Waals surface area (Å²) in [5, 5.41) is 3.40. The Morgan fingerprint density at radius 2 is 2.14 bits per heavy atom. The van der Waals surface area contributed by atoms with Crippen molar-refractivity contribution in [2.75, 3.05) is 19.4 Å². The van der Waals surface area contributed by atoms with Crippen molar-refractivity contribution in [3.05, 3.63) is 24.5 Å². The van der Waals surface area contributed by atoms with Crippen LogP contribution in [0.2, 0.25) is 0 Å². The van der Waals surface area contributed by atoms with Gasteiger partial charge >= 0.3 is 0 Å². The van der Waals surface area contributed by atoms with E-state index in [9.17, 15) is 0 Å². The Bertz CT molecular complexity index is 321. The van der Waals surface area contributed by atoms with Crippen molar-refractivity contribution in [2.45, 2.75) is 0 Å². The van der Waals surface area contributed by atoms with Crippen LogP contribution in [0.1, 0.15) is 0 Å². The average Bonchev–Trinajstić information content (AvgIpc) is 2.16. The fourth-order valence-electron chi connectivity index (χ4n) is 0.759. The lowest BCUT2D eigenvalue weighted by Gasteiger charge is -2.05. The summed E-state index contributed by atoms with van der Waals surface area (Å²) in [7, 11) is 3.77. The second kappa shape index (κ2) is 5.29. The zero-order valence-corrected chi connectivity index (χ0v) is 8.95. The van der Waals surface area contributed by atoms with Gasteiger partial charge in [-0.2, -0.15) is 0 Å². The van der Waals surface area contributed by atoms with Crippen molar-refractivity contribution >= 4 is 29.4 Å². The number of nitrogens with one attached hydrogen (secondary N) is 1. The van der Waals surface area contributed by atoms with Gasteiger partial charge in [0.1, 0.15) is 0 Å². The fraction of sp³-hybridized carbons (Fsp3) is 0.222. The molecule has 1 aromatic heterocycles. The second-order valence-electron chi connectivity index (χ2n) is 2.87. The van der Waals surface area contributed by atoms with Crippen LogP contribution in [-0.4, -0.2) is 35.4 Å². The summed E-state index contributed by atoms with van der Waals surface area (Å²) < 4.78 is 0. The normalized spacial score (nSPS) is 10.1. The third kappa shape index (κ3) is 3.95. The lowest BCUT2D eigenvalue weighted by molar-refractivity contribution is 0.644. The predicted octanol–water partition coefficient (Wildman–Crippen LogP) is 1.37. The smallest absolute Gasteiger partial charge is 0.198 e. The van der Waals surface area contributed by atoms with Gasteiger partial charge in [0.2, 0.25) is 0 Å². The van der Waals surface area contributed by atoms with E-state index in [1.165, 1.54) is 0 Å². The molecule has 0 radical (unpaired) electrons. The zero-order valence-electron chi connectivity index (χ0n) is 8.14. The van der Waals surface area contributed by atoms with Gasteiger partial charge in [-0.3, -0.25) is 4.98 Å². The second-order valence-corrected chi connectivity index (χ2v) is 3.26. The maximum absolute atomic E-state index is 5.00. The monoisotopic (exact) mass is 208 g/mol. The van der Waals surface area contributed by atoms with Crippen LogP contribution < -0.4 is 5.32 Å². The van der Waals surface area contributed by atoms with Crippen molar-refractivity contribution in [1.82, 2.24) is 9.88 Å². The SMILES string of the molecule is CN(C)/C=N/C(=S)Nc1ccncc1. The molecule has 1 N–H and O–H groups in total. The van der Waals surface area contributed by atoms with Gasteiger partial charge in [0.25, 0.3) is 0 Å². The number of aliphatic imine (C=N–C) groups is 1. The first-order chi connectivity index (χ1) is 6.68. The van der Waals surface area contributed by atoms with Crippen molar-refractivity contribution in [3.63, 3.8) is 0 Å². The summed E-state index contributed by atoms with van der Waals surface area (Å²) in [5.74, 6) is 0.